The summed E-state index contributed by atoms with van der Waals surface area (Å²) in [6, 6.07) is 21.5. The molecule has 0 bridgehead atoms. The van der Waals surface area contributed by atoms with Gasteiger partial charge in [0.05, 0.1) is 19.2 Å². The summed E-state index contributed by atoms with van der Waals surface area (Å²) in [5.74, 6) is -0.248. The Kier molecular flexibility index (Phi) is 7.18. The number of rotatable bonds is 8. The van der Waals surface area contributed by atoms with Gasteiger partial charge in [0.25, 0.3) is 5.91 Å². The maximum Gasteiger partial charge on any atom is 0.256 e. The first-order valence-electron chi connectivity index (χ1n) is 10.8. The van der Waals surface area contributed by atoms with Crippen molar-refractivity contribution < 1.29 is 18.7 Å². The Morgan fingerprint density at radius 3 is 2.35 bits per heavy atom. The van der Waals surface area contributed by atoms with Crippen LogP contribution in [0, 0.1) is 5.82 Å². The lowest BCUT2D eigenvalue weighted by molar-refractivity contribution is -0.124. The minimum atomic E-state index is -0.764. The molecular formula is C26H24FN3O3S. The maximum absolute atomic E-state index is 13.5. The molecule has 1 aliphatic rings. The van der Waals surface area contributed by atoms with Crippen LogP contribution in [0.4, 0.5) is 15.8 Å². The van der Waals surface area contributed by atoms with E-state index < -0.39 is 11.9 Å². The van der Waals surface area contributed by atoms with E-state index in [0.717, 1.165) is 11.3 Å². The molecule has 1 heterocycles. The van der Waals surface area contributed by atoms with Gasteiger partial charge in [-0.25, -0.2) is 4.39 Å². The average molecular weight is 478 g/mol. The fraction of sp³-hybridized carbons (Fsp3) is 0.192. The first-order valence-corrected chi connectivity index (χ1v) is 11.2. The third-order valence-electron chi connectivity index (χ3n) is 5.64. The molecule has 0 saturated carbocycles. The number of amides is 2. The summed E-state index contributed by atoms with van der Waals surface area (Å²) in [4.78, 5) is 29.3. The van der Waals surface area contributed by atoms with Crippen molar-refractivity contribution in [2.45, 2.75) is 18.9 Å². The van der Waals surface area contributed by atoms with Crippen LogP contribution in [-0.2, 0) is 16.0 Å². The number of carbonyl (C=O) groups excluding carboxylic acids is 2. The number of ether oxygens (including phenoxy) is 1. The largest absolute Gasteiger partial charge is 0.497 e. The predicted octanol–water partition coefficient (Wildman–Crippen LogP) is 4.41. The fourth-order valence-corrected chi connectivity index (χ4v) is 4.28. The first-order chi connectivity index (χ1) is 16.5. The minimum absolute atomic E-state index is 0.0613. The van der Waals surface area contributed by atoms with Crippen molar-refractivity contribution in [1.82, 2.24) is 4.90 Å². The molecule has 6 nitrogen and oxygen atoms in total. The number of anilines is 2. The molecule has 174 valence electrons. The summed E-state index contributed by atoms with van der Waals surface area (Å²) in [6.07, 6.45) is 0.555. The van der Waals surface area contributed by atoms with E-state index in [-0.39, 0.29) is 18.2 Å². The molecule has 8 heteroatoms. The van der Waals surface area contributed by atoms with E-state index in [9.17, 15) is 14.0 Å². The molecule has 1 N–H and O–H groups in total. The summed E-state index contributed by atoms with van der Waals surface area (Å²) in [5, 5.41) is 3.12. The highest BCUT2D eigenvalue weighted by atomic mass is 32.1. The zero-order valence-corrected chi connectivity index (χ0v) is 19.4. The summed E-state index contributed by atoms with van der Waals surface area (Å²) >= 11 is 5.65. The van der Waals surface area contributed by atoms with E-state index in [1.165, 1.54) is 29.2 Å². The Balaban J connectivity index is 1.54. The molecule has 3 aromatic carbocycles. The Morgan fingerprint density at radius 2 is 1.71 bits per heavy atom. The smallest absolute Gasteiger partial charge is 0.256 e. The normalized spacial score (nSPS) is 15.5. The summed E-state index contributed by atoms with van der Waals surface area (Å²) in [5.41, 5.74) is 2.17. The number of benzene rings is 3. The van der Waals surface area contributed by atoms with Crippen LogP contribution in [0.3, 0.4) is 0 Å². The van der Waals surface area contributed by atoms with Gasteiger partial charge in [0.1, 0.15) is 17.6 Å². The van der Waals surface area contributed by atoms with Crippen LogP contribution >= 0.6 is 12.2 Å². The summed E-state index contributed by atoms with van der Waals surface area (Å²) < 4.78 is 18.7. The van der Waals surface area contributed by atoms with Crippen LogP contribution in [-0.4, -0.2) is 41.5 Å². The Labute approximate surface area is 202 Å². The third kappa shape index (κ3) is 5.23. The average Bonchev–Trinajstić information content (AvgIpc) is 3.08. The number of halogens is 1. The van der Waals surface area contributed by atoms with Crippen molar-refractivity contribution in [1.29, 1.82) is 0 Å². The van der Waals surface area contributed by atoms with Gasteiger partial charge in [-0.2, -0.15) is 0 Å². The highest BCUT2D eigenvalue weighted by molar-refractivity contribution is 7.80. The third-order valence-corrected chi connectivity index (χ3v) is 6.06. The lowest BCUT2D eigenvalue weighted by atomic mass is 10.1. The molecular weight excluding hydrogens is 453 g/mol. The summed E-state index contributed by atoms with van der Waals surface area (Å²) in [6.45, 7) is 0.442. The van der Waals surface area contributed by atoms with Crippen LogP contribution in [0.15, 0.2) is 78.9 Å². The molecule has 3 aromatic rings. The van der Waals surface area contributed by atoms with Crippen LogP contribution in [0.5, 0.6) is 5.75 Å². The molecule has 0 unspecified atom stereocenters. The first kappa shape index (κ1) is 23.4. The van der Waals surface area contributed by atoms with Crippen LogP contribution in [0.2, 0.25) is 0 Å². The van der Waals surface area contributed by atoms with Crippen molar-refractivity contribution in [3.8, 4) is 5.75 Å². The number of hydrogen-bond donors (Lipinski definition) is 1. The van der Waals surface area contributed by atoms with Crippen molar-refractivity contribution in [2.24, 2.45) is 0 Å². The predicted molar refractivity (Wildman–Crippen MR) is 133 cm³/mol. The van der Waals surface area contributed by atoms with Gasteiger partial charge in [-0.3, -0.25) is 14.5 Å². The Morgan fingerprint density at radius 1 is 1.03 bits per heavy atom. The van der Waals surface area contributed by atoms with Crippen molar-refractivity contribution >= 4 is 40.5 Å². The number of nitrogens with one attached hydrogen (secondary N) is 1. The van der Waals surface area contributed by atoms with Gasteiger partial charge < -0.3 is 15.0 Å². The lowest BCUT2D eigenvalue weighted by Crippen LogP contribution is -2.39. The SMILES string of the molecule is COc1ccc(CCN2C(=S)N(c3ccc(F)cc3)C(=O)[C@@H]2CC(=O)Nc2ccccc2)cc1. The van der Waals surface area contributed by atoms with E-state index in [4.69, 9.17) is 17.0 Å². The Bertz CT molecular complexity index is 1170. The number of para-hydroxylation sites is 1. The second-order valence-electron chi connectivity index (χ2n) is 7.86. The van der Waals surface area contributed by atoms with E-state index >= 15 is 0 Å². The van der Waals surface area contributed by atoms with Crippen molar-refractivity contribution in [2.75, 3.05) is 23.9 Å². The molecule has 0 spiro atoms. The molecule has 34 heavy (non-hydrogen) atoms. The van der Waals surface area contributed by atoms with Crippen LogP contribution in [0.1, 0.15) is 12.0 Å². The standard InChI is InChI=1S/C26H24FN3O3S/c1-33-22-13-7-18(8-14-22)15-16-29-23(17-24(31)28-20-5-3-2-4-6-20)25(32)30(26(29)34)21-11-9-19(27)10-12-21/h2-14,23H,15-17H2,1H3,(H,28,31)/t23-/m0/s1. The molecule has 4 rings (SSSR count). The van der Waals surface area contributed by atoms with Gasteiger partial charge in [-0.1, -0.05) is 30.3 Å². The maximum atomic E-state index is 13.5. The molecule has 1 aliphatic heterocycles. The molecule has 1 saturated heterocycles. The van der Waals surface area contributed by atoms with E-state index in [1.807, 2.05) is 42.5 Å². The zero-order valence-electron chi connectivity index (χ0n) is 18.6. The monoisotopic (exact) mass is 477 g/mol. The molecule has 1 atom stereocenters. The zero-order chi connectivity index (χ0) is 24.1. The van der Waals surface area contributed by atoms with Gasteiger partial charge in [0, 0.05) is 12.2 Å². The molecule has 0 radical (unpaired) electrons. The highest BCUT2D eigenvalue weighted by Crippen LogP contribution is 2.28. The topological polar surface area (TPSA) is 61.9 Å². The summed E-state index contributed by atoms with van der Waals surface area (Å²) in [7, 11) is 1.61. The minimum Gasteiger partial charge on any atom is -0.497 e. The van der Waals surface area contributed by atoms with Crippen molar-refractivity contribution in [3.63, 3.8) is 0 Å². The van der Waals surface area contributed by atoms with Gasteiger partial charge in [-0.05, 0) is 72.7 Å². The van der Waals surface area contributed by atoms with Crippen LogP contribution < -0.4 is 15.0 Å². The van der Waals surface area contributed by atoms with Crippen LogP contribution in [0.25, 0.3) is 0 Å². The van der Waals surface area contributed by atoms with E-state index in [0.29, 0.717) is 29.5 Å². The van der Waals surface area contributed by atoms with Gasteiger partial charge in [0.2, 0.25) is 5.91 Å². The second-order valence-corrected chi connectivity index (χ2v) is 8.22. The lowest BCUT2D eigenvalue weighted by Gasteiger charge is -2.24. The quantitative estimate of drug-likeness (QED) is 0.487. The highest BCUT2D eigenvalue weighted by Gasteiger charge is 2.43. The Hall–Kier alpha value is -3.78. The fourth-order valence-electron chi connectivity index (χ4n) is 3.87. The van der Waals surface area contributed by atoms with E-state index in [1.54, 1.807) is 24.1 Å². The van der Waals surface area contributed by atoms with Gasteiger partial charge in [-0.15, -0.1) is 0 Å². The molecule has 0 aliphatic carbocycles. The number of hydrogen-bond acceptors (Lipinski definition) is 4. The number of thiocarbonyl (C=S) groups is 1. The number of carbonyl (C=O) groups is 2. The second kappa shape index (κ2) is 10.4. The van der Waals surface area contributed by atoms with E-state index in [2.05, 4.69) is 5.32 Å². The number of nitrogens with zero attached hydrogens (tertiary/aromatic N) is 2. The molecule has 1 fully saturated rings. The molecule has 2 amide bonds. The van der Waals surface area contributed by atoms with Gasteiger partial charge in [0.15, 0.2) is 5.11 Å². The number of methoxy groups -OCH3 is 1. The van der Waals surface area contributed by atoms with Gasteiger partial charge >= 0.3 is 0 Å². The van der Waals surface area contributed by atoms with Crippen molar-refractivity contribution in [3.05, 3.63) is 90.2 Å². The molecule has 0 aromatic heterocycles.